The van der Waals surface area contributed by atoms with Crippen molar-refractivity contribution in [3.8, 4) is 6.07 Å². The Labute approximate surface area is 101 Å². The summed E-state index contributed by atoms with van der Waals surface area (Å²) in [6.07, 6.45) is -4.84. The van der Waals surface area contributed by atoms with Crippen LogP contribution in [0.25, 0.3) is 0 Å². The molecule has 0 saturated heterocycles. The van der Waals surface area contributed by atoms with Crippen LogP contribution < -0.4 is 11.1 Å². The lowest BCUT2D eigenvalue weighted by Crippen LogP contribution is -2.59. The molecule has 0 aliphatic heterocycles. The Morgan fingerprint density at radius 2 is 1.83 bits per heavy atom. The van der Waals surface area contributed by atoms with Crippen molar-refractivity contribution in [2.45, 2.75) is 18.6 Å². The maximum Gasteiger partial charge on any atom is 0.415 e. The summed E-state index contributed by atoms with van der Waals surface area (Å²) in [7, 11) is 0. The monoisotopic (exact) mass is 257 g/mol. The fourth-order valence-electron chi connectivity index (χ4n) is 1.02. The summed E-state index contributed by atoms with van der Waals surface area (Å²) in [5.74, 6) is -1.36. The molecule has 1 atom stereocenters. The van der Waals surface area contributed by atoms with E-state index in [2.05, 4.69) is 0 Å². The number of amides is 1. The van der Waals surface area contributed by atoms with Gasteiger partial charge in [0, 0.05) is 5.69 Å². The van der Waals surface area contributed by atoms with Gasteiger partial charge in [0.1, 0.15) is 0 Å². The summed E-state index contributed by atoms with van der Waals surface area (Å²) in [6.45, 7) is 0.589. The highest BCUT2D eigenvalue weighted by Crippen LogP contribution is 2.29. The van der Waals surface area contributed by atoms with E-state index in [1.807, 2.05) is 11.4 Å². The van der Waals surface area contributed by atoms with Crippen molar-refractivity contribution in [3.05, 3.63) is 29.8 Å². The van der Waals surface area contributed by atoms with E-state index >= 15 is 0 Å². The fraction of sp³-hybridized carbons (Fsp3) is 0.273. The van der Waals surface area contributed by atoms with Gasteiger partial charge in [-0.25, -0.2) is 0 Å². The van der Waals surface area contributed by atoms with E-state index in [4.69, 9.17) is 11.0 Å². The van der Waals surface area contributed by atoms with Crippen LogP contribution in [-0.2, 0) is 4.79 Å². The molecule has 1 amide bonds. The zero-order valence-electron chi connectivity index (χ0n) is 9.38. The van der Waals surface area contributed by atoms with E-state index in [-0.39, 0.29) is 5.69 Å². The standard InChI is InChI=1S/C11H10F3N3O/c1-10(16,11(12,13)14)9(18)17-8-4-2-7(6-15)3-5-8/h2-5H,16H2,1H3,(H,17,18). The quantitative estimate of drug-likeness (QED) is 0.847. The predicted molar refractivity (Wildman–Crippen MR) is 58.4 cm³/mol. The molecule has 0 radical (unpaired) electrons. The van der Waals surface area contributed by atoms with Crippen molar-refractivity contribution in [1.82, 2.24) is 0 Å². The average Bonchev–Trinajstić information content (AvgIpc) is 2.28. The Morgan fingerprint density at radius 1 is 1.33 bits per heavy atom. The number of benzene rings is 1. The van der Waals surface area contributed by atoms with E-state index in [0.29, 0.717) is 12.5 Å². The predicted octanol–water partition coefficient (Wildman–Crippen LogP) is 1.78. The van der Waals surface area contributed by atoms with Gasteiger partial charge in [0.15, 0.2) is 5.54 Å². The summed E-state index contributed by atoms with van der Waals surface area (Å²) in [4.78, 5) is 11.4. The molecule has 1 aromatic rings. The van der Waals surface area contributed by atoms with Gasteiger partial charge in [0.25, 0.3) is 5.91 Å². The lowest BCUT2D eigenvalue weighted by atomic mass is 10.0. The normalized spacial score (nSPS) is 14.4. The second kappa shape index (κ2) is 4.66. The number of nitriles is 1. The molecule has 1 rings (SSSR count). The Balaban J connectivity index is 2.85. The minimum Gasteiger partial charge on any atom is -0.324 e. The highest BCUT2D eigenvalue weighted by atomic mass is 19.4. The van der Waals surface area contributed by atoms with Crippen molar-refractivity contribution in [2.24, 2.45) is 5.73 Å². The molecule has 4 nitrogen and oxygen atoms in total. The first kappa shape index (κ1) is 14.0. The first-order valence-corrected chi connectivity index (χ1v) is 4.85. The lowest BCUT2D eigenvalue weighted by Gasteiger charge is -2.26. The molecule has 0 fully saturated rings. The van der Waals surface area contributed by atoms with Gasteiger partial charge in [-0.05, 0) is 31.2 Å². The Bertz CT molecular complexity index is 486. The van der Waals surface area contributed by atoms with Crippen LogP contribution in [0.4, 0.5) is 18.9 Å². The molecule has 0 aromatic heterocycles. The van der Waals surface area contributed by atoms with Crippen molar-refractivity contribution in [3.63, 3.8) is 0 Å². The van der Waals surface area contributed by atoms with Gasteiger partial charge < -0.3 is 11.1 Å². The number of nitrogens with one attached hydrogen (secondary N) is 1. The molecule has 18 heavy (non-hydrogen) atoms. The van der Waals surface area contributed by atoms with Crippen LogP contribution in [0.5, 0.6) is 0 Å². The number of carbonyl (C=O) groups excluding carboxylic acids is 1. The summed E-state index contributed by atoms with van der Waals surface area (Å²) in [5.41, 5.74) is 2.45. The number of anilines is 1. The lowest BCUT2D eigenvalue weighted by molar-refractivity contribution is -0.184. The molecule has 0 spiro atoms. The third-order valence-electron chi connectivity index (χ3n) is 2.33. The average molecular weight is 257 g/mol. The fourth-order valence-corrected chi connectivity index (χ4v) is 1.02. The number of hydrogen-bond donors (Lipinski definition) is 2. The van der Waals surface area contributed by atoms with Crippen LogP contribution in [0.1, 0.15) is 12.5 Å². The molecule has 3 N–H and O–H groups in total. The minimum atomic E-state index is -4.84. The van der Waals surface area contributed by atoms with Crippen LogP contribution in [-0.4, -0.2) is 17.6 Å². The van der Waals surface area contributed by atoms with Gasteiger partial charge in [-0.1, -0.05) is 0 Å². The highest BCUT2D eigenvalue weighted by Gasteiger charge is 2.53. The van der Waals surface area contributed by atoms with Gasteiger partial charge >= 0.3 is 6.18 Å². The first-order valence-electron chi connectivity index (χ1n) is 4.85. The van der Waals surface area contributed by atoms with Crippen molar-refractivity contribution >= 4 is 11.6 Å². The molecule has 0 aliphatic carbocycles. The van der Waals surface area contributed by atoms with E-state index in [1.165, 1.54) is 24.3 Å². The second-order valence-electron chi connectivity index (χ2n) is 3.84. The van der Waals surface area contributed by atoms with Gasteiger partial charge in [-0.3, -0.25) is 4.79 Å². The molecule has 1 unspecified atom stereocenters. The number of alkyl halides is 3. The van der Waals surface area contributed by atoms with E-state index in [1.54, 1.807) is 0 Å². The van der Waals surface area contributed by atoms with Gasteiger partial charge in [-0.2, -0.15) is 18.4 Å². The molecular weight excluding hydrogens is 247 g/mol. The zero-order chi connectivity index (χ0) is 14.0. The number of nitrogens with two attached hydrogens (primary N) is 1. The van der Waals surface area contributed by atoms with Crippen LogP contribution in [0.15, 0.2) is 24.3 Å². The zero-order valence-corrected chi connectivity index (χ0v) is 9.38. The highest BCUT2D eigenvalue weighted by molar-refractivity contribution is 5.98. The van der Waals surface area contributed by atoms with Gasteiger partial charge in [0.2, 0.25) is 0 Å². The van der Waals surface area contributed by atoms with Crippen LogP contribution in [0.3, 0.4) is 0 Å². The number of hydrogen-bond acceptors (Lipinski definition) is 3. The number of halogens is 3. The topological polar surface area (TPSA) is 78.9 Å². The largest absolute Gasteiger partial charge is 0.415 e. The van der Waals surface area contributed by atoms with Crippen LogP contribution in [0, 0.1) is 11.3 Å². The van der Waals surface area contributed by atoms with Gasteiger partial charge in [-0.15, -0.1) is 0 Å². The summed E-state index contributed by atoms with van der Waals surface area (Å²) < 4.78 is 37.4. The van der Waals surface area contributed by atoms with Crippen molar-refractivity contribution in [2.75, 3.05) is 5.32 Å². The molecule has 96 valence electrons. The van der Waals surface area contributed by atoms with Crippen molar-refractivity contribution < 1.29 is 18.0 Å². The van der Waals surface area contributed by atoms with E-state index in [9.17, 15) is 18.0 Å². The number of nitrogens with zero attached hydrogens (tertiary/aromatic N) is 1. The number of rotatable bonds is 2. The Morgan fingerprint density at radius 3 is 2.22 bits per heavy atom. The van der Waals surface area contributed by atoms with Crippen LogP contribution >= 0.6 is 0 Å². The number of carbonyl (C=O) groups is 1. The molecule has 0 bridgehead atoms. The molecular formula is C11H10F3N3O. The third kappa shape index (κ3) is 2.78. The molecule has 1 aromatic carbocycles. The van der Waals surface area contributed by atoms with E-state index < -0.39 is 17.6 Å². The van der Waals surface area contributed by atoms with Gasteiger partial charge in [0.05, 0.1) is 11.6 Å². The Kier molecular flexibility index (Phi) is 3.62. The molecule has 0 saturated carbocycles. The molecule has 0 heterocycles. The van der Waals surface area contributed by atoms with Crippen LogP contribution in [0.2, 0.25) is 0 Å². The smallest absolute Gasteiger partial charge is 0.324 e. The summed E-state index contributed by atoms with van der Waals surface area (Å²) in [6, 6.07) is 7.23. The SMILES string of the molecule is CC(N)(C(=O)Nc1ccc(C#N)cc1)C(F)(F)F. The first-order chi connectivity index (χ1) is 8.18. The maximum atomic E-state index is 12.5. The summed E-state index contributed by atoms with van der Waals surface area (Å²) in [5, 5.41) is 10.6. The third-order valence-corrected chi connectivity index (χ3v) is 2.33. The maximum absolute atomic E-state index is 12.5. The second-order valence-corrected chi connectivity index (χ2v) is 3.84. The minimum absolute atomic E-state index is 0.139. The molecule has 7 heteroatoms. The molecule has 0 aliphatic rings. The van der Waals surface area contributed by atoms with E-state index in [0.717, 1.165) is 0 Å². The Hall–Kier alpha value is -2.07. The van der Waals surface area contributed by atoms with Crippen molar-refractivity contribution in [1.29, 1.82) is 5.26 Å². The summed E-state index contributed by atoms with van der Waals surface area (Å²) >= 11 is 0.